The van der Waals surface area contributed by atoms with Crippen LogP contribution in [0.15, 0.2) is 58.7 Å². The molecule has 0 aliphatic carbocycles. The van der Waals surface area contributed by atoms with Crippen molar-refractivity contribution in [2.45, 2.75) is 13.5 Å². The molecule has 28 heavy (non-hydrogen) atoms. The number of aromatic carboxylic acids is 1. The van der Waals surface area contributed by atoms with Gasteiger partial charge in [0.25, 0.3) is 5.56 Å². The van der Waals surface area contributed by atoms with Crippen molar-refractivity contribution in [2.24, 2.45) is 0 Å². The summed E-state index contributed by atoms with van der Waals surface area (Å²) >= 11 is 1.12. The molecule has 140 valence electrons. The quantitative estimate of drug-likeness (QED) is 0.560. The first-order valence-corrected chi connectivity index (χ1v) is 9.39. The fourth-order valence-corrected chi connectivity index (χ4v) is 4.05. The second kappa shape index (κ2) is 7.01. The van der Waals surface area contributed by atoms with E-state index in [0.717, 1.165) is 22.5 Å². The molecule has 7 heteroatoms. The molecule has 0 radical (unpaired) electrons. The van der Waals surface area contributed by atoms with E-state index in [1.54, 1.807) is 12.1 Å². The average Bonchev–Trinajstić information content (AvgIpc) is 3.08. The summed E-state index contributed by atoms with van der Waals surface area (Å²) in [7, 11) is 0. The van der Waals surface area contributed by atoms with Gasteiger partial charge in [-0.05, 0) is 30.7 Å². The minimum atomic E-state index is -1.18. The van der Waals surface area contributed by atoms with Gasteiger partial charge >= 0.3 is 5.97 Å². The molecule has 4 aromatic rings. The summed E-state index contributed by atoms with van der Waals surface area (Å²) in [5.74, 6) is -1.16. The van der Waals surface area contributed by atoms with Crippen LogP contribution in [0, 0.1) is 12.7 Å². The van der Waals surface area contributed by atoms with Crippen LogP contribution in [0.25, 0.3) is 21.6 Å². The molecule has 1 N–H and O–H groups in total. The number of hydrogen-bond acceptors (Lipinski definition) is 4. The molecule has 2 aromatic heterocycles. The van der Waals surface area contributed by atoms with Crippen LogP contribution in [0.1, 0.15) is 21.5 Å². The van der Waals surface area contributed by atoms with Crippen molar-refractivity contribution < 1.29 is 14.3 Å². The Kier molecular flexibility index (Phi) is 4.52. The average molecular weight is 394 g/mol. The predicted molar refractivity (Wildman–Crippen MR) is 107 cm³/mol. The van der Waals surface area contributed by atoms with Crippen LogP contribution in [0.3, 0.4) is 0 Å². The molecular weight excluding hydrogens is 379 g/mol. The molecule has 0 aliphatic rings. The van der Waals surface area contributed by atoms with E-state index < -0.39 is 17.3 Å². The number of halogens is 1. The molecule has 0 spiro atoms. The standard InChI is InChI=1S/C21H15FN2O3S/c1-12-4-2-6-14(8-12)18-23-19-17(16(11-28-19)21(26)27)20(25)24(18)10-13-5-3-7-15(22)9-13/h2-9,11H,10H2,1H3,(H,26,27). The topological polar surface area (TPSA) is 72.2 Å². The van der Waals surface area contributed by atoms with E-state index in [4.69, 9.17) is 0 Å². The molecule has 0 amide bonds. The normalized spacial score (nSPS) is 11.1. The second-order valence-corrected chi connectivity index (χ2v) is 7.32. The first-order chi connectivity index (χ1) is 13.4. The minimum absolute atomic E-state index is 0.0683. The predicted octanol–water partition coefficient (Wildman–Crippen LogP) is 4.32. The molecule has 0 aliphatic heterocycles. The highest BCUT2D eigenvalue weighted by Gasteiger charge is 2.20. The van der Waals surface area contributed by atoms with E-state index in [2.05, 4.69) is 4.98 Å². The summed E-state index contributed by atoms with van der Waals surface area (Å²) in [5.41, 5.74) is 1.80. The Morgan fingerprint density at radius 1 is 1.21 bits per heavy atom. The lowest BCUT2D eigenvalue weighted by atomic mass is 10.1. The number of carbonyl (C=O) groups is 1. The SMILES string of the molecule is Cc1cccc(-c2nc3scc(C(=O)O)c3c(=O)n2Cc2cccc(F)c2)c1. The molecule has 5 nitrogen and oxygen atoms in total. The van der Waals surface area contributed by atoms with Crippen molar-refractivity contribution in [1.29, 1.82) is 0 Å². The number of carboxylic acids is 1. The van der Waals surface area contributed by atoms with Gasteiger partial charge in [0.15, 0.2) is 0 Å². The molecule has 0 fully saturated rings. The van der Waals surface area contributed by atoms with Crippen LogP contribution in [0.2, 0.25) is 0 Å². The fourth-order valence-electron chi connectivity index (χ4n) is 3.15. The molecule has 2 heterocycles. The van der Waals surface area contributed by atoms with Gasteiger partial charge in [-0.2, -0.15) is 0 Å². The molecular formula is C21H15FN2O3S. The fraction of sp³-hybridized carbons (Fsp3) is 0.0952. The van der Waals surface area contributed by atoms with Gasteiger partial charge in [-0.3, -0.25) is 9.36 Å². The smallest absolute Gasteiger partial charge is 0.337 e. The van der Waals surface area contributed by atoms with E-state index in [-0.39, 0.29) is 17.5 Å². The highest BCUT2D eigenvalue weighted by molar-refractivity contribution is 7.17. The molecule has 0 atom stereocenters. The van der Waals surface area contributed by atoms with Crippen molar-refractivity contribution in [3.05, 3.63) is 86.8 Å². The first-order valence-electron chi connectivity index (χ1n) is 8.51. The number of aryl methyl sites for hydroxylation is 1. The highest BCUT2D eigenvalue weighted by Crippen LogP contribution is 2.26. The van der Waals surface area contributed by atoms with Gasteiger partial charge in [0.1, 0.15) is 16.5 Å². The third-order valence-electron chi connectivity index (χ3n) is 4.43. The van der Waals surface area contributed by atoms with Crippen molar-refractivity contribution in [3.63, 3.8) is 0 Å². The van der Waals surface area contributed by atoms with Crippen LogP contribution in [0.4, 0.5) is 4.39 Å². The van der Waals surface area contributed by atoms with Gasteiger partial charge in [0.05, 0.1) is 17.5 Å². The Bertz CT molecular complexity index is 1280. The number of carboxylic acid groups (broad SMARTS) is 1. The molecule has 2 aromatic carbocycles. The summed E-state index contributed by atoms with van der Waals surface area (Å²) in [6, 6.07) is 13.5. The number of benzene rings is 2. The highest BCUT2D eigenvalue weighted by atomic mass is 32.1. The van der Waals surface area contributed by atoms with E-state index >= 15 is 0 Å². The van der Waals surface area contributed by atoms with Crippen molar-refractivity contribution in [1.82, 2.24) is 9.55 Å². The van der Waals surface area contributed by atoms with Gasteiger partial charge in [-0.15, -0.1) is 11.3 Å². The third kappa shape index (κ3) is 3.20. The maximum atomic E-state index is 13.6. The third-order valence-corrected chi connectivity index (χ3v) is 5.30. The number of aromatic nitrogens is 2. The van der Waals surface area contributed by atoms with E-state index in [1.807, 2.05) is 31.2 Å². The largest absolute Gasteiger partial charge is 0.478 e. The van der Waals surface area contributed by atoms with Crippen molar-refractivity contribution >= 4 is 27.5 Å². The number of fused-ring (bicyclic) bond motifs is 1. The van der Waals surface area contributed by atoms with Gasteiger partial charge < -0.3 is 5.11 Å². The minimum Gasteiger partial charge on any atom is -0.478 e. The maximum absolute atomic E-state index is 13.6. The monoisotopic (exact) mass is 394 g/mol. The Balaban J connectivity index is 2.01. The van der Waals surface area contributed by atoms with Crippen molar-refractivity contribution in [2.75, 3.05) is 0 Å². The Hall–Kier alpha value is -3.32. The number of nitrogens with zero attached hydrogens (tertiary/aromatic N) is 2. The molecule has 0 saturated carbocycles. The summed E-state index contributed by atoms with van der Waals surface area (Å²) in [6.07, 6.45) is 0. The lowest BCUT2D eigenvalue weighted by molar-refractivity contribution is 0.0699. The van der Waals surface area contributed by atoms with Gasteiger partial charge in [0, 0.05) is 10.9 Å². The van der Waals surface area contributed by atoms with Crippen LogP contribution < -0.4 is 5.56 Å². The van der Waals surface area contributed by atoms with Crippen molar-refractivity contribution in [3.8, 4) is 11.4 Å². The van der Waals surface area contributed by atoms with Crippen LogP contribution in [0.5, 0.6) is 0 Å². The number of rotatable bonds is 4. The zero-order chi connectivity index (χ0) is 19.8. The second-order valence-electron chi connectivity index (χ2n) is 6.46. The number of thiophene rings is 1. The summed E-state index contributed by atoms with van der Waals surface area (Å²) in [6.45, 7) is 2.02. The van der Waals surface area contributed by atoms with Gasteiger partial charge in [0.2, 0.25) is 0 Å². The summed E-state index contributed by atoms with van der Waals surface area (Å²) < 4.78 is 15.0. The van der Waals surface area contributed by atoms with E-state index in [9.17, 15) is 19.1 Å². The number of hydrogen-bond donors (Lipinski definition) is 1. The summed E-state index contributed by atoms with van der Waals surface area (Å²) in [5, 5.41) is 10.9. The van der Waals surface area contributed by atoms with Crippen LogP contribution in [-0.2, 0) is 6.54 Å². The molecule has 0 unspecified atom stereocenters. The summed E-state index contributed by atoms with van der Waals surface area (Å²) in [4.78, 5) is 29.7. The lowest BCUT2D eigenvalue weighted by Gasteiger charge is -2.13. The van der Waals surface area contributed by atoms with Gasteiger partial charge in [-0.1, -0.05) is 35.9 Å². The van der Waals surface area contributed by atoms with Crippen LogP contribution in [-0.4, -0.2) is 20.6 Å². The van der Waals surface area contributed by atoms with Gasteiger partial charge in [-0.25, -0.2) is 14.2 Å². The molecule has 0 bridgehead atoms. The Labute approximate surface area is 163 Å². The zero-order valence-electron chi connectivity index (χ0n) is 14.8. The zero-order valence-corrected chi connectivity index (χ0v) is 15.7. The Morgan fingerprint density at radius 3 is 2.71 bits per heavy atom. The lowest BCUT2D eigenvalue weighted by Crippen LogP contribution is -2.24. The first kappa shape index (κ1) is 18.1. The molecule has 0 saturated heterocycles. The molecule has 4 rings (SSSR count). The van der Waals surface area contributed by atoms with Crippen LogP contribution >= 0.6 is 11.3 Å². The maximum Gasteiger partial charge on any atom is 0.337 e. The van der Waals surface area contributed by atoms with E-state index in [1.165, 1.54) is 22.1 Å². The van der Waals surface area contributed by atoms with E-state index in [0.29, 0.717) is 16.2 Å². The Morgan fingerprint density at radius 2 is 2.00 bits per heavy atom.